The van der Waals surface area contributed by atoms with E-state index in [0.29, 0.717) is 24.2 Å². The molecule has 0 N–H and O–H groups in total. The zero-order valence-electron chi connectivity index (χ0n) is 16.8. The molecule has 1 fully saturated rings. The van der Waals surface area contributed by atoms with E-state index in [-0.39, 0.29) is 11.8 Å². The second-order valence-electron chi connectivity index (χ2n) is 7.23. The summed E-state index contributed by atoms with van der Waals surface area (Å²) in [5.74, 6) is 1.60. The topological polar surface area (TPSA) is 75.6 Å². The van der Waals surface area contributed by atoms with Gasteiger partial charge in [-0.3, -0.25) is 4.79 Å². The minimum atomic E-state index is -0.409. The Morgan fingerprint density at radius 3 is 2.18 bits per heavy atom. The van der Waals surface area contributed by atoms with Crippen LogP contribution in [0.4, 0.5) is 5.82 Å². The molecule has 7 nitrogen and oxygen atoms in total. The van der Waals surface area contributed by atoms with Crippen molar-refractivity contribution in [3.8, 4) is 0 Å². The van der Waals surface area contributed by atoms with E-state index in [0.717, 1.165) is 30.4 Å². The van der Waals surface area contributed by atoms with Gasteiger partial charge < -0.3 is 14.5 Å². The van der Waals surface area contributed by atoms with Crippen LogP contribution in [-0.2, 0) is 4.74 Å². The first-order valence-electron chi connectivity index (χ1n) is 9.47. The van der Waals surface area contributed by atoms with Gasteiger partial charge in [0.15, 0.2) is 0 Å². The molecule has 0 radical (unpaired) electrons. The number of aryl methyl sites for hydroxylation is 1. The highest BCUT2D eigenvalue weighted by molar-refractivity contribution is 5.96. The molecular weight excluding hydrogens is 356 g/mol. The highest BCUT2D eigenvalue weighted by Gasteiger charge is 2.24. The molecule has 0 spiro atoms. The summed E-state index contributed by atoms with van der Waals surface area (Å²) in [5.41, 5.74) is 1.96. The fourth-order valence-corrected chi connectivity index (χ4v) is 3.18. The highest BCUT2D eigenvalue weighted by atomic mass is 16.5. The number of nitrogens with zero attached hydrogens (tertiary/aromatic N) is 4. The van der Waals surface area contributed by atoms with Gasteiger partial charge in [-0.15, -0.1) is 0 Å². The standard InChI is InChI=1S/C21H26N4O3/c1-14(2)19-22-15(3)13-18(23-19)24-9-11-25(12-10-24)20(26)16-5-7-17(8-6-16)21(27)28-4/h5-8,13-14H,9-12H2,1-4H3. The Bertz CT molecular complexity index is 856. The van der Waals surface area contributed by atoms with Crippen LogP contribution >= 0.6 is 0 Å². The minimum Gasteiger partial charge on any atom is -0.465 e. The number of hydrogen-bond acceptors (Lipinski definition) is 6. The number of ether oxygens (including phenoxy) is 1. The number of hydrogen-bond donors (Lipinski definition) is 0. The summed E-state index contributed by atoms with van der Waals surface area (Å²) < 4.78 is 4.69. The van der Waals surface area contributed by atoms with E-state index in [9.17, 15) is 9.59 Å². The number of esters is 1. The Hall–Kier alpha value is -2.96. The van der Waals surface area contributed by atoms with E-state index < -0.39 is 5.97 Å². The molecule has 1 amide bonds. The molecule has 1 aliphatic heterocycles. The smallest absolute Gasteiger partial charge is 0.337 e. The van der Waals surface area contributed by atoms with Crippen LogP contribution in [0.1, 0.15) is 52.0 Å². The van der Waals surface area contributed by atoms with Crippen molar-refractivity contribution in [3.05, 3.63) is 53.0 Å². The van der Waals surface area contributed by atoms with Crippen LogP contribution in [0.2, 0.25) is 0 Å². The molecule has 0 aliphatic carbocycles. The quantitative estimate of drug-likeness (QED) is 0.757. The minimum absolute atomic E-state index is 0.0298. The molecule has 1 aliphatic rings. The zero-order valence-corrected chi connectivity index (χ0v) is 16.8. The van der Waals surface area contributed by atoms with Crippen LogP contribution in [0.15, 0.2) is 30.3 Å². The summed E-state index contributed by atoms with van der Waals surface area (Å²) in [6.07, 6.45) is 0. The number of rotatable bonds is 4. The number of carbonyl (C=O) groups excluding carboxylic acids is 2. The molecule has 28 heavy (non-hydrogen) atoms. The lowest BCUT2D eigenvalue weighted by Gasteiger charge is -2.35. The zero-order chi connectivity index (χ0) is 20.3. The van der Waals surface area contributed by atoms with E-state index >= 15 is 0 Å². The first kappa shape index (κ1) is 19.8. The summed E-state index contributed by atoms with van der Waals surface area (Å²) >= 11 is 0. The Labute approximate surface area is 165 Å². The maximum Gasteiger partial charge on any atom is 0.337 e. The predicted molar refractivity (Wildman–Crippen MR) is 107 cm³/mol. The maximum atomic E-state index is 12.8. The second kappa shape index (κ2) is 8.37. The third-order valence-electron chi connectivity index (χ3n) is 4.82. The van der Waals surface area contributed by atoms with Crippen LogP contribution in [0.3, 0.4) is 0 Å². The number of piperazine rings is 1. The largest absolute Gasteiger partial charge is 0.465 e. The van der Waals surface area contributed by atoms with Gasteiger partial charge in [-0.25, -0.2) is 14.8 Å². The molecule has 1 aromatic heterocycles. The number of aromatic nitrogens is 2. The maximum absolute atomic E-state index is 12.8. The summed E-state index contributed by atoms with van der Waals surface area (Å²) in [6.45, 7) is 8.84. The molecule has 2 heterocycles. The van der Waals surface area contributed by atoms with E-state index in [1.807, 2.05) is 17.9 Å². The van der Waals surface area contributed by atoms with Gasteiger partial charge >= 0.3 is 5.97 Å². The average Bonchev–Trinajstić information content (AvgIpc) is 2.72. The van der Waals surface area contributed by atoms with Gasteiger partial charge in [-0.05, 0) is 31.2 Å². The molecule has 0 saturated carbocycles. The van der Waals surface area contributed by atoms with Gasteiger partial charge in [0.25, 0.3) is 5.91 Å². The monoisotopic (exact) mass is 382 g/mol. The SMILES string of the molecule is COC(=O)c1ccc(C(=O)N2CCN(c3cc(C)nc(C(C)C)n3)CC2)cc1. The highest BCUT2D eigenvalue weighted by Crippen LogP contribution is 2.19. The van der Waals surface area contributed by atoms with Crippen molar-refractivity contribution in [2.24, 2.45) is 0 Å². The van der Waals surface area contributed by atoms with Crippen molar-refractivity contribution in [1.82, 2.24) is 14.9 Å². The van der Waals surface area contributed by atoms with Gasteiger partial charge in [0.05, 0.1) is 12.7 Å². The first-order valence-corrected chi connectivity index (χ1v) is 9.47. The Balaban J connectivity index is 1.65. The third kappa shape index (κ3) is 4.30. The molecular formula is C21H26N4O3. The Morgan fingerprint density at radius 1 is 1.00 bits per heavy atom. The Kier molecular flexibility index (Phi) is 5.92. The molecule has 148 valence electrons. The summed E-state index contributed by atoms with van der Waals surface area (Å²) in [5, 5.41) is 0. The van der Waals surface area contributed by atoms with E-state index in [4.69, 9.17) is 0 Å². The molecule has 0 unspecified atom stereocenters. The number of amides is 1. The molecule has 0 bridgehead atoms. The van der Waals surface area contributed by atoms with Gasteiger partial charge in [0.1, 0.15) is 11.6 Å². The van der Waals surface area contributed by atoms with Crippen molar-refractivity contribution in [3.63, 3.8) is 0 Å². The fraction of sp³-hybridized carbons (Fsp3) is 0.429. The second-order valence-corrected chi connectivity index (χ2v) is 7.23. The molecule has 7 heteroatoms. The average molecular weight is 382 g/mol. The summed E-state index contributed by atoms with van der Waals surface area (Å²) in [7, 11) is 1.34. The van der Waals surface area contributed by atoms with Gasteiger partial charge in [0.2, 0.25) is 0 Å². The van der Waals surface area contributed by atoms with Crippen LogP contribution < -0.4 is 4.90 Å². The van der Waals surface area contributed by atoms with Crippen LogP contribution in [-0.4, -0.2) is 60.0 Å². The number of methoxy groups -OCH3 is 1. The summed E-state index contributed by atoms with van der Waals surface area (Å²) in [6, 6.07) is 8.57. The van der Waals surface area contributed by atoms with Crippen LogP contribution in [0, 0.1) is 6.92 Å². The number of benzene rings is 1. The Morgan fingerprint density at radius 2 is 1.61 bits per heavy atom. The van der Waals surface area contributed by atoms with Crippen molar-refractivity contribution in [2.75, 3.05) is 38.2 Å². The predicted octanol–water partition coefficient (Wildman–Crippen LogP) is 2.66. The molecule has 2 aromatic rings. The van der Waals surface area contributed by atoms with Crippen LogP contribution in [0.5, 0.6) is 0 Å². The molecule has 3 rings (SSSR count). The van der Waals surface area contributed by atoms with E-state index in [1.165, 1.54) is 7.11 Å². The van der Waals surface area contributed by atoms with Gasteiger partial charge in [-0.2, -0.15) is 0 Å². The number of anilines is 1. The van der Waals surface area contributed by atoms with Crippen molar-refractivity contribution >= 4 is 17.7 Å². The number of carbonyl (C=O) groups is 2. The summed E-state index contributed by atoms with van der Waals surface area (Å²) in [4.78, 5) is 37.5. The first-order chi connectivity index (χ1) is 13.4. The van der Waals surface area contributed by atoms with Crippen molar-refractivity contribution in [2.45, 2.75) is 26.7 Å². The van der Waals surface area contributed by atoms with E-state index in [2.05, 4.69) is 33.5 Å². The molecule has 1 saturated heterocycles. The van der Waals surface area contributed by atoms with Gasteiger partial charge in [0, 0.05) is 49.4 Å². The van der Waals surface area contributed by atoms with Crippen molar-refractivity contribution in [1.29, 1.82) is 0 Å². The van der Waals surface area contributed by atoms with Gasteiger partial charge in [-0.1, -0.05) is 13.8 Å². The lowest BCUT2D eigenvalue weighted by Crippen LogP contribution is -2.49. The van der Waals surface area contributed by atoms with Crippen molar-refractivity contribution < 1.29 is 14.3 Å². The lowest BCUT2D eigenvalue weighted by molar-refractivity contribution is 0.0599. The normalized spacial score (nSPS) is 14.3. The fourth-order valence-electron chi connectivity index (χ4n) is 3.18. The third-order valence-corrected chi connectivity index (χ3v) is 4.82. The molecule has 1 aromatic carbocycles. The van der Waals surface area contributed by atoms with E-state index in [1.54, 1.807) is 24.3 Å². The lowest BCUT2D eigenvalue weighted by atomic mass is 10.1. The molecule has 0 atom stereocenters. The van der Waals surface area contributed by atoms with Crippen LogP contribution in [0.25, 0.3) is 0 Å².